The van der Waals surface area contributed by atoms with E-state index in [1.54, 1.807) is 0 Å². The Labute approximate surface area is 170 Å². The highest BCUT2D eigenvalue weighted by Gasteiger charge is 2.43. The van der Waals surface area contributed by atoms with Gasteiger partial charge in [-0.2, -0.15) is 0 Å². The molecule has 5 atom stereocenters. The highest BCUT2D eigenvalue weighted by molar-refractivity contribution is 5.66. The molecule has 2 rings (SSSR count). The van der Waals surface area contributed by atoms with Gasteiger partial charge in [0.25, 0.3) is 0 Å². The van der Waals surface area contributed by atoms with Crippen molar-refractivity contribution >= 4 is 5.97 Å². The van der Waals surface area contributed by atoms with Gasteiger partial charge in [0.1, 0.15) is 0 Å². The molecule has 1 fully saturated rings. The second-order valence-corrected chi connectivity index (χ2v) is 8.87. The molecule has 0 heterocycles. The van der Waals surface area contributed by atoms with Crippen LogP contribution in [0.15, 0.2) is 35.5 Å². The second kappa shape index (κ2) is 11.6. The number of unbranched alkanes of at least 4 members (excludes halogenated alkanes) is 2. The van der Waals surface area contributed by atoms with E-state index >= 15 is 0 Å². The summed E-state index contributed by atoms with van der Waals surface area (Å²) in [5, 5.41) is 29.3. The van der Waals surface area contributed by atoms with Crippen LogP contribution < -0.4 is 0 Å². The summed E-state index contributed by atoms with van der Waals surface area (Å²) >= 11 is 0. The monoisotopic (exact) mass is 390 g/mol. The van der Waals surface area contributed by atoms with Crippen molar-refractivity contribution in [1.82, 2.24) is 0 Å². The predicted molar refractivity (Wildman–Crippen MR) is 113 cm³/mol. The van der Waals surface area contributed by atoms with E-state index in [0.717, 1.165) is 51.4 Å². The maximum atomic E-state index is 10.6. The van der Waals surface area contributed by atoms with E-state index in [1.165, 1.54) is 11.1 Å². The largest absolute Gasteiger partial charge is 0.481 e. The van der Waals surface area contributed by atoms with Crippen LogP contribution in [0, 0.1) is 17.8 Å². The minimum absolute atomic E-state index is 0.177. The van der Waals surface area contributed by atoms with Gasteiger partial charge in [0.05, 0.1) is 12.2 Å². The van der Waals surface area contributed by atoms with Crippen LogP contribution in [0.1, 0.15) is 78.1 Å². The van der Waals surface area contributed by atoms with Crippen LogP contribution in [-0.2, 0) is 4.79 Å². The number of aliphatic hydroxyl groups is 2. The highest BCUT2D eigenvalue weighted by atomic mass is 16.4. The van der Waals surface area contributed by atoms with Gasteiger partial charge < -0.3 is 15.3 Å². The quantitative estimate of drug-likeness (QED) is 0.323. The third-order valence-electron chi connectivity index (χ3n) is 6.15. The van der Waals surface area contributed by atoms with E-state index in [0.29, 0.717) is 18.3 Å². The van der Waals surface area contributed by atoms with Gasteiger partial charge in [-0.25, -0.2) is 0 Å². The van der Waals surface area contributed by atoms with Crippen molar-refractivity contribution in [2.75, 3.05) is 0 Å². The topological polar surface area (TPSA) is 77.8 Å². The third-order valence-corrected chi connectivity index (χ3v) is 6.15. The van der Waals surface area contributed by atoms with Crippen molar-refractivity contribution in [2.45, 2.75) is 90.3 Å². The lowest BCUT2D eigenvalue weighted by molar-refractivity contribution is -0.137. The molecule has 4 heteroatoms. The molecule has 1 saturated carbocycles. The van der Waals surface area contributed by atoms with E-state index in [4.69, 9.17) is 5.11 Å². The fraction of sp³-hybridized carbons (Fsp3) is 0.708. The van der Waals surface area contributed by atoms with Crippen LogP contribution in [0.5, 0.6) is 0 Å². The van der Waals surface area contributed by atoms with E-state index in [1.807, 2.05) is 0 Å². The smallest absolute Gasteiger partial charge is 0.303 e. The summed E-state index contributed by atoms with van der Waals surface area (Å²) in [5.74, 6) is 0.379. The molecular formula is C24H38O4. The molecule has 0 radical (unpaired) electrons. The fourth-order valence-electron chi connectivity index (χ4n) is 4.67. The summed E-state index contributed by atoms with van der Waals surface area (Å²) in [5.41, 5.74) is 2.76. The van der Waals surface area contributed by atoms with Gasteiger partial charge in [-0.15, -0.1) is 0 Å². The first kappa shape index (κ1) is 22.9. The summed E-state index contributed by atoms with van der Waals surface area (Å²) in [4.78, 5) is 10.6. The van der Waals surface area contributed by atoms with E-state index in [2.05, 4.69) is 38.2 Å². The zero-order chi connectivity index (χ0) is 20.5. The van der Waals surface area contributed by atoms with Crippen molar-refractivity contribution in [3.05, 3.63) is 35.5 Å². The molecule has 158 valence electrons. The molecule has 3 N–H and O–H groups in total. The molecule has 0 aromatic rings. The van der Waals surface area contributed by atoms with E-state index < -0.39 is 5.97 Å². The lowest BCUT2D eigenvalue weighted by atomic mass is 9.88. The molecule has 0 aromatic heterocycles. The molecule has 4 nitrogen and oxygen atoms in total. The normalized spacial score (nSPS) is 27.6. The first-order valence-corrected chi connectivity index (χ1v) is 10.9. The Balaban J connectivity index is 1.72. The van der Waals surface area contributed by atoms with Crippen molar-refractivity contribution in [3.8, 4) is 0 Å². The Morgan fingerprint density at radius 2 is 2.07 bits per heavy atom. The van der Waals surface area contributed by atoms with Crippen LogP contribution in [0.25, 0.3) is 0 Å². The van der Waals surface area contributed by atoms with Crippen LogP contribution >= 0.6 is 0 Å². The van der Waals surface area contributed by atoms with Crippen molar-refractivity contribution in [3.63, 3.8) is 0 Å². The highest BCUT2D eigenvalue weighted by Crippen LogP contribution is 2.48. The Bertz CT molecular complexity index is 585. The fourth-order valence-corrected chi connectivity index (χ4v) is 4.67. The molecule has 2 aliphatic rings. The summed E-state index contributed by atoms with van der Waals surface area (Å²) in [6.07, 6.45) is 16.4. The van der Waals surface area contributed by atoms with Crippen LogP contribution in [0.2, 0.25) is 0 Å². The molecule has 1 unspecified atom stereocenters. The van der Waals surface area contributed by atoms with Gasteiger partial charge in [-0.3, -0.25) is 4.79 Å². The Kier molecular flexibility index (Phi) is 9.46. The number of fused-ring (bicyclic) bond motifs is 1. The SMILES string of the molecule is CC(C)=CCCCC(O)CC=C[C@H]1[C@H]2CC(CCCCC(=O)O)=C[C@H]2C[C@H]1O. The number of allylic oxidation sites excluding steroid dienone is 4. The van der Waals surface area contributed by atoms with Gasteiger partial charge in [0, 0.05) is 12.3 Å². The Hall–Kier alpha value is -1.39. The molecule has 0 bridgehead atoms. The Morgan fingerprint density at radius 3 is 2.79 bits per heavy atom. The van der Waals surface area contributed by atoms with Gasteiger partial charge in [-0.05, 0) is 83.5 Å². The van der Waals surface area contributed by atoms with Crippen LogP contribution in [-0.4, -0.2) is 33.5 Å². The molecule has 2 aliphatic carbocycles. The summed E-state index contributed by atoms with van der Waals surface area (Å²) in [6, 6.07) is 0. The minimum Gasteiger partial charge on any atom is -0.481 e. The number of hydrogen-bond donors (Lipinski definition) is 3. The number of carboxylic acid groups (broad SMARTS) is 1. The second-order valence-electron chi connectivity index (χ2n) is 8.87. The molecule has 0 saturated heterocycles. The van der Waals surface area contributed by atoms with Gasteiger partial charge >= 0.3 is 5.97 Å². The van der Waals surface area contributed by atoms with Crippen molar-refractivity contribution in [1.29, 1.82) is 0 Å². The molecule has 0 aliphatic heterocycles. The first-order valence-electron chi connectivity index (χ1n) is 10.9. The van der Waals surface area contributed by atoms with Gasteiger partial charge in [0.15, 0.2) is 0 Å². The summed E-state index contributed by atoms with van der Waals surface area (Å²) < 4.78 is 0. The lowest BCUT2D eigenvalue weighted by Gasteiger charge is -2.18. The van der Waals surface area contributed by atoms with Crippen molar-refractivity contribution in [2.24, 2.45) is 17.8 Å². The van der Waals surface area contributed by atoms with Crippen LogP contribution in [0.4, 0.5) is 0 Å². The number of aliphatic carboxylic acids is 1. The minimum atomic E-state index is -0.718. The summed E-state index contributed by atoms with van der Waals surface area (Å²) in [7, 11) is 0. The number of carboxylic acids is 1. The number of carbonyl (C=O) groups is 1. The molecule has 0 amide bonds. The number of aliphatic hydroxyl groups excluding tert-OH is 2. The maximum Gasteiger partial charge on any atom is 0.303 e. The first-order chi connectivity index (χ1) is 13.4. The van der Waals surface area contributed by atoms with Crippen LogP contribution in [0.3, 0.4) is 0 Å². The average molecular weight is 391 g/mol. The van der Waals surface area contributed by atoms with Crippen molar-refractivity contribution < 1.29 is 20.1 Å². The molecule has 0 aromatic carbocycles. The van der Waals surface area contributed by atoms with Gasteiger partial charge in [-0.1, -0.05) is 35.5 Å². The molecule has 0 spiro atoms. The number of rotatable bonds is 12. The van der Waals surface area contributed by atoms with E-state index in [9.17, 15) is 15.0 Å². The third kappa shape index (κ3) is 7.56. The van der Waals surface area contributed by atoms with Gasteiger partial charge in [0.2, 0.25) is 0 Å². The predicted octanol–water partition coefficient (Wildman–Crippen LogP) is 5.02. The molecule has 28 heavy (non-hydrogen) atoms. The number of hydrogen-bond acceptors (Lipinski definition) is 3. The average Bonchev–Trinajstić information content (AvgIpc) is 3.13. The standard InChI is InChI=1S/C24H38O4/c1-17(2)8-3-5-10-20(25)11-7-12-21-22-15-18(9-4-6-13-24(27)28)14-19(22)16-23(21)26/h7-8,12,14,19-23,25-26H,3-6,9-11,13,15-16H2,1-2H3,(H,27,28)/t19-,20?,21-,22-,23+/m0/s1. The lowest BCUT2D eigenvalue weighted by Crippen LogP contribution is -2.17. The zero-order valence-corrected chi connectivity index (χ0v) is 17.5. The summed E-state index contributed by atoms with van der Waals surface area (Å²) in [6.45, 7) is 4.19. The maximum absolute atomic E-state index is 10.6. The Morgan fingerprint density at radius 1 is 1.29 bits per heavy atom. The zero-order valence-electron chi connectivity index (χ0n) is 17.5. The van der Waals surface area contributed by atoms with E-state index in [-0.39, 0.29) is 24.5 Å². The molecular weight excluding hydrogens is 352 g/mol.